The van der Waals surface area contributed by atoms with Crippen LogP contribution in [0.1, 0.15) is 5.56 Å². The number of nitrogens with two attached hydrogens (primary N) is 1. The molecule has 3 nitrogen and oxygen atoms in total. The highest BCUT2D eigenvalue weighted by Gasteiger charge is 2.08. The summed E-state index contributed by atoms with van der Waals surface area (Å²) < 4.78 is 13.2. The fraction of sp³-hybridized carbons (Fsp3) is 0.100. The highest BCUT2D eigenvalue weighted by atomic mass is 35.5. The van der Waals surface area contributed by atoms with Crippen LogP contribution in [0, 0.1) is 5.82 Å². The summed E-state index contributed by atoms with van der Waals surface area (Å²) in [6.07, 6.45) is 0.806. The summed E-state index contributed by atoms with van der Waals surface area (Å²) in [6, 6.07) is 4.24. The molecule has 0 amide bonds. The maximum atomic E-state index is 13.2. The molecular formula is C10H9ClFNO2. The molecule has 0 spiro atoms. The predicted octanol–water partition coefficient (Wildman–Crippen LogP) is 1.95. The largest absolute Gasteiger partial charge is 0.478 e. The maximum Gasteiger partial charge on any atom is 0.330 e. The van der Waals surface area contributed by atoms with Crippen LogP contribution < -0.4 is 5.73 Å². The van der Waals surface area contributed by atoms with Crippen molar-refractivity contribution in [1.82, 2.24) is 0 Å². The van der Waals surface area contributed by atoms with Gasteiger partial charge in [0.2, 0.25) is 0 Å². The normalized spacial score (nSPS) is 11.5. The molecule has 0 saturated heterocycles. The molecule has 80 valence electrons. The lowest BCUT2D eigenvalue weighted by atomic mass is 10.1. The van der Waals surface area contributed by atoms with Gasteiger partial charge in [-0.1, -0.05) is 17.7 Å². The molecule has 3 N–H and O–H groups in total. The van der Waals surface area contributed by atoms with Crippen molar-refractivity contribution in [3.05, 3.63) is 46.4 Å². The highest BCUT2D eigenvalue weighted by Crippen LogP contribution is 2.20. The molecule has 0 aromatic heterocycles. The molecule has 0 aliphatic carbocycles. The van der Waals surface area contributed by atoms with E-state index in [2.05, 4.69) is 0 Å². The quantitative estimate of drug-likeness (QED) is 0.779. The molecule has 0 unspecified atom stereocenters. The Morgan fingerprint density at radius 2 is 2.27 bits per heavy atom. The smallest absolute Gasteiger partial charge is 0.330 e. The molecule has 0 bridgehead atoms. The summed E-state index contributed by atoms with van der Waals surface area (Å²) in [4.78, 5) is 10.3. The Morgan fingerprint density at radius 1 is 1.60 bits per heavy atom. The summed E-state index contributed by atoms with van der Waals surface area (Å²) in [6.45, 7) is 0. The topological polar surface area (TPSA) is 63.3 Å². The van der Waals surface area contributed by atoms with Crippen molar-refractivity contribution in [2.45, 2.75) is 6.42 Å². The van der Waals surface area contributed by atoms with E-state index in [0.717, 1.165) is 6.08 Å². The van der Waals surface area contributed by atoms with Crippen LogP contribution in [0.3, 0.4) is 0 Å². The lowest BCUT2D eigenvalue weighted by Crippen LogP contribution is -2.06. The third-order valence-electron chi connectivity index (χ3n) is 1.75. The number of carboxylic acid groups (broad SMARTS) is 1. The third kappa shape index (κ3) is 3.25. The Labute approximate surface area is 91.0 Å². The van der Waals surface area contributed by atoms with Gasteiger partial charge in [-0.05, 0) is 12.1 Å². The van der Waals surface area contributed by atoms with Gasteiger partial charge in [0, 0.05) is 28.8 Å². The summed E-state index contributed by atoms with van der Waals surface area (Å²) in [7, 11) is 0. The number of hydrogen-bond donors (Lipinski definition) is 2. The number of aliphatic carboxylic acids is 1. The Morgan fingerprint density at radius 3 is 2.80 bits per heavy atom. The number of carbonyl (C=O) groups is 1. The summed E-state index contributed by atoms with van der Waals surface area (Å²) in [5.41, 5.74) is 5.65. The molecule has 1 aromatic carbocycles. The monoisotopic (exact) mass is 229 g/mol. The Bertz CT molecular complexity index is 398. The average molecular weight is 230 g/mol. The van der Waals surface area contributed by atoms with Crippen molar-refractivity contribution in [2.75, 3.05) is 0 Å². The van der Waals surface area contributed by atoms with E-state index in [1.165, 1.54) is 18.2 Å². The number of halogens is 2. The maximum absolute atomic E-state index is 13.2. The van der Waals surface area contributed by atoms with Gasteiger partial charge in [0.15, 0.2) is 0 Å². The van der Waals surface area contributed by atoms with E-state index in [4.69, 9.17) is 22.4 Å². The summed E-state index contributed by atoms with van der Waals surface area (Å²) in [5.74, 6) is -1.66. The molecular weight excluding hydrogens is 221 g/mol. The van der Waals surface area contributed by atoms with Crippen LogP contribution in [0.4, 0.5) is 4.39 Å². The number of carboxylic acids is 1. The highest BCUT2D eigenvalue weighted by molar-refractivity contribution is 6.31. The van der Waals surface area contributed by atoms with E-state index in [9.17, 15) is 9.18 Å². The third-order valence-corrected chi connectivity index (χ3v) is 2.11. The van der Waals surface area contributed by atoms with Crippen LogP contribution in [0.5, 0.6) is 0 Å². The molecule has 0 saturated carbocycles. The standard InChI is InChI=1S/C10H9ClFNO2/c11-8-2-1-3-9(12)7(8)4-6(13)5-10(14)15/h1-3,5H,4,13H2,(H,14,15). The van der Waals surface area contributed by atoms with E-state index in [-0.39, 0.29) is 22.7 Å². The average Bonchev–Trinajstić information content (AvgIpc) is 2.10. The van der Waals surface area contributed by atoms with Crippen molar-refractivity contribution >= 4 is 17.6 Å². The van der Waals surface area contributed by atoms with Gasteiger partial charge in [0.05, 0.1) is 0 Å². The fourth-order valence-corrected chi connectivity index (χ4v) is 1.34. The first kappa shape index (κ1) is 11.5. The van der Waals surface area contributed by atoms with Gasteiger partial charge in [-0.3, -0.25) is 0 Å². The molecule has 0 aliphatic heterocycles. The van der Waals surface area contributed by atoms with Crippen LogP contribution in [0.15, 0.2) is 30.0 Å². The van der Waals surface area contributed by atoms with E-state index in [1.54, 1.807) is 0 Å². The van der Waals surface area contributed by atoms with Crippen molar-refractivity contribution in [2.24, 2.45) is 5.73 Å². The van der Waals surface area contributed by atoms with E-state index in [1.807, 2.05) is 0 Å². The molecule has 15 heavy (non-hydrogen) atoms. The van der Waals surface area contributed by atoms with Crippen molar-refractivity contribution in [3.8, 4) is 0 Å². The van der Waals surface area contributed by atoms with Crippen molar-refractivity contribution in [3.63, 3.8) is 0 Å². The lowest BCUT2D eigenvalue weighted by Gasteiger charge is -2.05. The Balaban J connectivity index is 2.94. The minimum absolute atomic E-state index is 0.0161. The molecule has 5 heteroatoms. The Hall–Kier alpha value is -1.55. The van der Waals surface area contributed by atoms with Gasteiger partial charge >= 0.3 is 5.97 Å². The summed E-state index contributed by atoms with van der Waals surface area (Å²) in [5, 5.41) is 8.65. The van der Waals surface area contributed by atoms with Crippen LogP contribution >= 0.6 is 11.6 Å². The lowest BCUT2D eigenvalue weighted by molar-refractivity contribution is -0.131. The number of hydrogen-bond acceptors (Lipinski definition) is 2. The second kappa shape index (κ2) is 4.79. The second-order valence-corrected chi connectivity index (χ2v) is 3.34. The first-order valence-corrected chi connectivity index (χ1v) is 4.50. The van der Waals surface area contributed by atoms with E-state index < -0.39 is 11.8 Å². The van der Waals surface area contributed by atoms with Crippen molar-refractivity contribution < 1.29 is 14.3 Å². The van der Waals surface area contributed by atoms with Crippen LogP contribution in [-0.4, -0.2) is 11.1 Å². The van der Waals surface area contributed by atoms with Crippen LogP contribution in [0.25, 0.3) is 0 Å². The van der Waals surface area contributed by atoms with Gasteiger partial charge in [-0.2, -0.15) is 0 Å². The van der Waals surface area contributed by atoms with Crippen LogP contribution in [0.2, 0.25) is 5.02 Å². The first-order valence-electron chi connectivity index (χ1n) is 4.12. The zero-order chi connectivity index (χ0) is 11.4. The minimum Gasteiger partial charge on any atom is -0.478 e. The van der Waals surface area contributed by atoms with Gasteiger partial charge < -0.3 is 10.8 Å². The van der Waals surface area contributed by atoms with Gasteiger partial charge in [-0.25, -0.2) is 9.18 Å². The number of allylic oxidation sites excluding steroid dienone is 1. The minimum atomic E-state index is -1.17. The zero-order valence-electron chi connectivity index (χ0n) is 7.71. The van der Waals surface area contributed by atoms with Crippen LogP contribution in [-0.2, 0) is 11.2 Å². The second-order valence-electron chi connectivity index (χ2n) is 2.93. The summed E-state index contributed by atoms with van der Waals surface area (Å²) >= 11 is 5.74. The molecule has 1 aromatic rings. The Kier molecular flexibility index (Phi) is 3.68. The van der Waals surface area contributed by atoms with Gasteiger partial charge in [0.1, 0.15) is 5.82 Å². The molecule has 0 atom stereocenters. The number of rotatable bonds is 3. The molecule has 0 radical (unpaired) electrons. The van der Waals surface area contributed by atoms with Crippen molar-refractivity contribution in [1.29, 1.82) is 0 Å². The molecule has 0 fully saturated rings. The predicted molar refractivity (Wildman–Crippen MR) is 55.0 cm³/mol. The van der Waals surface area contributed by atoms with Gasteiger partial charge in [0.25, 0.3) is 0 Å². The van der Waals surface area contributed by atoms with E-state index in [0.29, 0.717) is 0 Å². The van der Waals surface area contributed by atoms with Gasteiger partial charge in [-0.15, -0.1) is 0 Å². The molecule has 0 heterocycles. The molecule has 1 rings (SSSR count). The molecule has 0 aliphatic rings. The first-order chi connectivity index (χ1) is 7.00. The SMILES string of the molecule is NC(=CC(=O)O)Cc1c(F)cccc1Cl. The number of benzene rings is 1. The van der Waals surface area contributed by atoms with E-state index >= 15 is 0 Å². The zero-order valence-corrected chi connectivity index (χ0v) is 8.46. The fourth-order valence-electron chi connectivity index (χ4n) is 1.11.